The van der Waals surface area contributed by atoms with Crippen molar-refractivity contribution in [3.05, 3.63) is 23.7 Å². The lowest BCUT2D eigenvalue weighted by molar-refractivity contribution is 0.558. The van der Waals surface area contributed by atoms with E-state index in [9.17, 15) is 8.78 Å². The minimum Gasteiger partial charge on any atom is -0.388 e. The zero-order chi connectivity index (χ0) is 8.69. The molecule has 0 amide bonds. The summed E-state index contributed by atoms with van der Waals surface area (Å²) in [5.41, 5.74) is 0.479. The average Bonchev–Trinajstić information content (AvgIpc) is 2.03. The lowest BCUT2D eigenvalue weighted by Gasteiger charge is -1.98. The van der Waals surface area contributed by atoms with Gasteiger partial charge in [0.2, 0.25) is 0 Å². The van der Waals surface area contributed by atoms with Crippen molar-refractivity contribution in [2.45, 2.75) is 13.3 Å². The molecule has 0 heterocycles. The highest BCUT2D eigenvalue weighted by molar-refractivity contribution is 5.18. The van der Waals surface area contributed by atoms with Gasteiger partial charge in [-0.25, -0.2) is 8.78 Å². The Balaban J connectivity index is 4.17. The van der Waals surface area contributed by atoms with Crippen LogP contribution in [-0.2, 0) is 0 Å². The summed E-state index contributed by atoms with van der Waals surface area (Å²) in [5, 5.41) is 2.67. The molecular formula is C8H13F2N. The van der Waals surface area contributed by atoms with Crippen molar-refractivity contribution in [1.29, 1.82) is 0 Å². The number of allylic oxidation sites excluding steroid dienone is 3. The SMILES string of the molecule is CC/C(F)=C\C(=C/CF)NC. The van der Waals surface area contributed by atoms with Crippen LogP contribution in [0.15, 0.2) is 23.7 Å². The summed E-state index contributed by atoms with van der Waals surface area (Å²) in [7, 11) is 1.63. The fourth-order valence-corrected chi connectivity index (χ4v) is 0.587. The molecule has 0 atom stereocenters. The second kappa shape index (κ2) is 5.89. The Bertz CT molecular complexity index is 161. The second-order valence-corrected chi connectivity index (χ2v) is 2.01. The Morgan fingerprint density at radius 3 is 2.55 bits per heavy atom. The summed E-state index contributed by atoms with van der Waals surface area (Å²) in [6.07, 6.45) is 2.92. The normalized spacial score (nSPS) is 13.5. The first-order valence-electron chi connectivity index (χ1n) is 3.54. The van der Waals surface area contributed by atoms with Gasteiger partial charge in [-0.1, -0.05) is 6.92 Å². The van der Waals surface area contributed by atoms with Gasteiger partial charge in [-0.3, -0.25) is 0 Å². The summed E-state index contributed by atoms with van der Waals surface area (Å²) in [6.45, 7) is 1.12. The van der Waals surface area contributed by atoms with Crippen LogP contribution in [0, 0.1) is 0 Å². The van der Waals surface area contributed by atoms with E-state index in [-0.39, 0.29) is 5.83 Å². The number of rotatable bonds is 4. The molecule has 0 radical (unpaired) electrons. The highest BCUT2D eigenvalue weighted by Gasteiger charge is 1.92. The van der Waals surface area contributed by atoms with Crippen LogP contribution in [0.1, 0.15) is 13.3 Å². The van der Waals surface area contributed by atoms with Gasteiger partial charge in [0.1, 0.15) is 12.5 Å². The van der Waals surface area contributed by atoms with Gasteiger partial charge in [-0.05, 0) is 18.6 Å². The molecule has 0 aromatic heterocycles. The Hall–Kier alpha value is -0.860. The number of nitrogens with one attached hydrogen (secondary N) is 1. The molecule has 0 bridgehead atoms. The van der Waals surface area contributed by atoms with Crippen LogP contribution < -0.4 is 5.32 Å². The van der Waals surface area contributed by atoms with Crippen LogP contribution in [0.25, 0.3) is 0 Å². The number of likely N-dealkylation sites (N-methyl/N-ethyl adjacent to an activating group) is 1. The third-order valence-corrected chi connectivity index (χ3v) is 1.24. The zero-order valence-electron chi connectivity index (χ0n) is 6.82. The van der Waals surface area contributed by atoms with Crippen LogP contribution >= 0.6 is 0 Å². The number of hydrogen-bond donors (Lipinski definition) is 1. The van der Waals surface area contributed by atoms with Crippen LogP contribution in [0.4, 0.5) is 8.78 Å². The quantitative estimate of drug-likeness (QED) is 0.624. The lowest BCUT2D eigenvalue weighted by atomic mass is 10.3. The highest BCUT2D eigenvalue weighted by atomic mass is 19.1. The van der Waals surface area contributed by atoms with Gasteiger partial charge in [0.05, 0.1) is 0 Å². The molecule has 1 nitrogen and oxygen atoms in total. The lowest BCUT2D eigenvalue weighted by Crippen LogP contribution is -2.03. The summed E-state index contributed by atoms with van der Waals surface area (Å²) >= 11 is 0. The van der Waals surface area contributed by atoms with Crippen LogP contribution in [-0.4, -0.2) is 13.7 Å². The van der Waals surface area contributed by atoms with Crippen molar-refractivity contribution >= 4 is 0 Å². The van der Waals surface area contributed by atoms with Gasteiger partial charge in [-0.2, -0.15) is 0 Å². The summed E-state index contributed by atoms with van der Waals surface area (Å²) in [5.74, 6) is -0.251. The highest BCUT2D eigenvalue weighted by Crippen LogP contribution is 2.04. The number of alkyl halides is 1. The van der Waals surface area contributed by atoms with E-state index in [2.05, 4.69) is 5.32 Å². The predicted molar refractivity (Wildman–Crippen MR) is 42.6 cm³/mol. The van der Waals surface area contributed by atoms with Crippen molar-refractivity contribution in [3.8, 4) is 0 Å². The van der Waals surface area contributed by atoms with Gasteiger partial charge in [0.25, 0.3) is 0 Å². The molecule has 0 aromatic carbocycles. The fourth-order valence-electron chi connectivity index (χ4n) is 0.587. The minimum atomic E-state index is -0.580. The van der Waals surface area contributed by atoms with Crippen LogP contribution in [0.5, 0.6) is 0 Å². The number of hydrogen-bond acceptors (Lipinski definition) is 1. The maximum atomic E-state index is 12.6. The van der Waals surface area contributed by atoms with E-state index in [1.165, 1.54) is 12.2 Å². The van der Waals surface area contributed by atoms with E-state index >= 15 is 0 Å². The Kier molecular flexibility index (Phi) is 5.43. The summed E-state index contributed by atoms with van der Waals surface area (Å²) in [6, 6.07) is 0. The second-order valence-electron chi connectivity index (χ2n) is 2.01. The largest absolute Gasteiger partial charge is 0.388 e. The van der Waals surface area contributed by atoms with E-state index in [1.807, 2.05) is 0 Å². The fraction of sp³-hybridized carbons (Fsp3) is 0.500. The predicted octanol–water partition coefficient (Wildman–Crippen LogP) is 2.32. The number of halogens is 2. The minimum absolute atomic E-state index is 0.251. The maximum Gasteiger partial charge on any atom is 0.110 e. The molecule has 3 heteroatoms. The van der Waals surface area contributed by atoms with E-state index in [1.54, 1.807) is 14.0 Å². The zero-order valence-corrected chi connectivity index (χ0v) is 6.82. The van der Waals surface area contributed by atoms with E-state index in [0.29, 0.717) is 12.1 Å². The standard InChI is InChI=1S/C8H13F2N/c1-3-7(10)6-8(11-2)4-5-9/h4,6,11H,3,5H2,1-2H3/b7-6+,8-4+. The van der Waals surface area contributed by atoms with E-state index < -0.39 is 6.67 Å². The topological polar surface area (TPSA) is 12.0 Å². The third kappa shape index (κ3) is 4.53. The first kappa shape index (κ1) is 10.1. The molecule has 0 rings (SSSR count). The molecule has 0 unspecified atom stereocenters. The third-order valence-electron chi connectivity index (χ3n) is 1.24. The molecular weight excluding hydrogens is 148 g/mol. The molecule has 0 saturated heterocycles. The van der Waals surface area contributed by atoms with Gasteiger partial charge >= 0.3 is 0 Å². The average molecular weight is 161 g/mol. The molecule has 11 heavy (non-hydrogen) atoms. The molecule has 0 aliphatic rings. The van der Waals surface area contributed by atoms with Crippen molar-refractivity contribution < 1.29 is 8.78 Å². The molecule has 64 valence electrons. The van der Waals surface area contributed by atoms with Crippen LogP contribution in [0.3, 0.4) is 0 Å². The summed E-state index contributed by atoms with van der Waals surface area (Å²) < 4.78 is 24.3. The molecule has 1 N–H and O–H groups in total. The van der Waals surface area contributed by atoms with Crippen molar-refractivity contribution in [3.63, 3.8) is 0 Å². The van der Waals surface area contributed by atoms with E-state index in [0.717, 1.165) is 0 Å². The molecule has 0 spiro atoms. The molecule has 0 fully saturated rings. The van der Waals surface area contributed by atoms with Gasteiger partial charge < -0.3 is 5.32 Å². The monoisotopic (exact) mass is 161 g/mol. The molecule has 0 aliphatic heterocycles. The summed E-state index contributed by atoms with van der Waals surface area (Å²) in [4.78, 5) is 0. The van der Waals surface area contributed by atoms with Crippen molar-refractivity contribution in [2.75, 3.05) is 13.7 Å². The molecule has 0 aromatic rings. The van der Waals surface area contributed by atoms with Crippen molar-refractivity contribution in [1.82, 2.24) is 5.32 Å². The van der Waals surface area contributed by atoms with Gasteiger partial charge in [-0.15, -0.1) is 0 Å². The Labute approximate surface area is 65.8 Å². The van der Waals surface area contributed by atoms with E-state index in [4.69, 9.17) is 0 Å². The van der Waals surface area contributed by atoms with Gasteiger partial charge in [0.15, 0.2) is 0 Å². The maximum absolute atomic E-state index is 12.6. The smallest absolute Gasteiger partial charge is 0.110 e. The Morgan fingerprint density at radius 2 is 2.18 bits per heavy atom. The molecule has 0 saturated carbocycles. The molecule has 0 aliphatic carbocycles. The Morgan fingerprint density at radius 1 is 1.55 bits per heavy atom. The first-order valence-corrected chi connectivity index (χ1v) is 3.54. The van der Waals surface area contributed by atoms with Crippen molar-refractivity contribution in [2.24, 2.45) is 0 Å². The van der Waals surface area contributed by atoms with Crippen LogP contribution in [0.2, 0.25) is 0 Å². The van der Waals surface area contributed by atoms with Gasteiger partial charge in [0, 0.05) is 12.7 Å². The first-order chi connectivity index (χ1) is 5.24.